The fourth-order valence-corrected chi connectivity index (χ4v) is 7.68. The monoisotopic (exact) mass is 850 g/mol. The molecule has 1 saturated heterocycles. The predicted octanol–water partition coefficient (Wildman–Crippen LogP) is 7.52. The highest BCUT2D eigenvalue weighted by Crippen LogP contribution is 2.26. The summed E-state index contributed by atoms with van der Waals surface area (Å²) in [5.74, 6) is -0.713. The maximum absolute atomic E-state index is 13.0. The van der Waals surface area contributed by atoms with Crippen LogP contribution < -0.4 is 5.32 Å². The Hall–Kier alpha value is -1.46. The van der Waals surface area contributed by atoms with E-state index in [-0.39, 0.29) is 6.42 Å². The van der Waals surface area contributed by atoms with Gasteiger partial charge in [-0.15, -0.1) is 0 Å². The molecular formula is C44H83NO12S. The van der Waals surface area contributed by atoms with E-state index < -0.39 is 78.5 Å². The third-order valence-electron chi connectivity index (χ3n) is 10.8. The van der Waals surface area contributed by atoms with Gasteiger partial charge in [0.15, 0.2) is 6.29 Å². The first kappa shape index (κ1) is 54.6. The van der Waals surface area contributed by atoms with Gasteiger partial charge in [-0.05, 0) is 25.7 Å². The molecule has 8 unspecified atom stereocenters. The first-order chi connectivity index (χ1) is 27.9. The van der Waals surface area contributed by atoms with Gasteiger partial charge in [-0.25, -0.2) is 4.18 Å². The molecule has 1 heterocycles. The summed E-state index contributed by atoms with van der Waals surface area (Å²) in [4.78, 5) is 13.0. The number of hydrogen-bond donors (Lipinski definition) is 7. The molecule has 1 amide bonds. The number of amides is 1. The Balaban J connectivity index is 2.44. The Morgan fingerprint density at radius 2 is 1.16 bits per heavy atom. The second-order valence-corrected chi connectivity index (χ2v) is 17.2. The molecule has 13 nitrogen and oxygen atoms in total. The number of hydrogen-bond acceptors (Lipinski definition) is 11. The number of nitrogens with one attached hydrogen (secondary N) is 1. The summed E-state index contributed by atoms with van der Waals surface area (Å²) in [6.07, 6.45) is 27.4. The second kappa shape index (κ2) is 35.2. The van der Waals surface area contributed by atoms with E-state index in [4.69, 9.17) is 14.0 Å². The van der Waals surface area contributed by atoms with Gasteiger partial charge in [0.2, 0.25) is 5.91 Å². The predicted molar refractivity (Wildman–Crippen MR) is 228 cm³/mol. The van der Waals surface area contributed by atoms with Crippen LogP contribution in [0.15, 0.2) is 24.3 Å². The zero-order valence-corrected chi connectivity index (χ0v) is 36.8. The molecule has 0 spiro atoms. The maximum Gasteiger partial charge on any atom is 0.397 e. The topological polar surface area (TPSA) is 212 Å². The van der Waals surface area contributed by atoms with Crippen LogP contribution in [0.4, 0.5) is 0 Å². The van der Waals surface area contributed by atoms with Crippen LogP contribution in [0, 0.1) is 0 Å². The van der Waals surface area contributed by atoms with Gasteiger partial charge in [0.05, 0.1) is 25.4 Å². The van der Waals surface area contributed by atoms with E-state index in [9.17, 15) is 38.7 Å². The fraction of sp³-hybridized carbons (Fsp3) is 0.886. The number of unbranched alkanes of at least 4 members (excludes halogenated alkanes) is 23. The normalized spacial score (nSPS) is 21.8. The average Bonchev–Trinajstić information content (AvgIpc) is 3.19. The first-order valence-electron chi connectivity index (χ1n) is 22.8. The van der Waals surface area contributed by atoms with Crippen LogP contribution in [0.2, 0.25) is 0 Å². The minimum Gasteiger partial charge on any atom is -0.394 e. The Kier molecular flexibility index (Phi) is 33.1. The highest BCUT2D eigenvalue weighted by molar-refractivity contribution is 7.80. The van der Waals surface area contributed by atoms with Crippen LogP contribution in [0.25, 0.3) is 0 Å². The quantitative estimate of drug-likeness (QED) is 0.0183. The number of carbonyl (C=O) groups is 1. The largest absolute Gasteiger partial charge is 0.397 e. The lowest BCUT2D eigenvalue weighted by molar-refractivity contribution is -0.298. The summed E-state index contributed by atoms with van der Waals surface area (Å²) in [6, 6.07) is -1.13. The molecule has 0 bridgehead atoms. The summed E-state index contributed by atoms with van der Waals surface area (Å²) in [6.45, 7) is 3.11. The molecule has 0 saturated carbocycles. The Morgan fingerprint density at radius 1 is 0.690 bits per heavy atom. The van der Waals surface area contributed by atoms with Crippen molar-refractivity contribution in [3.05, 3.63) is 24.3 Å². The first-order valence-corrected chi connectivity index (χ1v) is 24.2. The van der Waals surface area contributed by atoms with Crippen molar-refractivity contribution in [3.8, 4) is 0 Å². The average molecular weight is 850 g/mol. The highest BCUT2D eigenvalue weighted by atomic mass is 32.3. The van der Waals surface area contributed by atoms with Gasteiger partial charge in [-0.3, -0.25) is 9.35 Å². The van der Waals surface area contributed by atoms with E-state index in [0.717, 1.165) is 44.9 Å². The molecule has 342 valence electrons. The second-order valence-electron chi connectivity index (χ2n) is 16.1. The zero-order chi connectivity index (χ0) is 42.9. The molecule has 1 aliphatic heterocycles. The molecule has 7 N–H and O–H groups in total. The zero-order valence-electron chi connectivity index (χ0n) is 36.0. The number of aliphatic hydroxyl groups is 5. The number of aliphatic hydroxyl groups excluding tert-OH is 5. The lowest BCUT2D eigenvalue weighted by Gasteiger charge is -2.41. The molecule has 8 atom stereocenters. The Labute approximate surface area is 351 Å². The van der Waals surface area contributed by atoms with Crippen molar-refractivity contribution >= 4 is 16.3 Å². The van der Waals surface area contributed by atoms with Crippen LogP contribution in [0.3, 0.4) is 0 Å². The number of rotatable bonds is 38. The van der Waals surface area contributed by atoms with E-state index >= 15 is 0 Å². The molecular weight excluding hydrogens is 767 g/mol. The minimum absolute atomic E-state index is 0.240. The molecule has 0 aromatic carbocycles. The third-order valence-corrected chi connectivity index (χ3v) is 11.3. The molecule has 58 heavy (non-hydrogen) atoms. The van der Waals surface area contributed by atoms with Crippen LogP contribution >= 0.6 is 0 Å². The van der Waals surface area contributed by atoms with Crippen molar-refractivity contribution in [2.75, 3.05) is 13.2 Å². The van der Waals surface area contributed by atoms with Crippen molar-refractivity contribution in [1.82, 2.24) is 5.32 Å². The van der Waals surface area contributed by atoms with Gasteiger partial charge in [-0.1, -0.05) is 186 Å². The molecule has 0 radical (unpaired) electrons. The Morgan fingerprint density at radius 3 is 1.64 bits per heavy atom. The van der Waals surface area contributed by atoms with Gasteiger partial charge in [0.25, 0.3) is 0 Å². The van der Waals surface area contributed by atoms with Crippen molar-refractivity contribution in [3.63, 3.8) is 0 Å². The number of carbonyl (C=O) groups excluding carboxylic acids is 1. The molecule has 0 aromatic heterocycles. The number of ether oxygens (including phenoxy) is 2. The lowest BCUT2D eigenvalue weighted by atomic mass is 9.99. The molecule has 1 aliphatic rings. The van der Waals surface area contributed by atoms with Gasteiger partial charge >= 0.3 is 10.4 Å². The Bertz CT molecular complexity index is 1160. The van der Waals surface area contributed by atoms with E-state index in [1.807, 2.05) is 0 Å². The van der Waals surface area contributed by atoms with Gasteiger partial charge in [0, 0.05) is 0 Å². The standard InChI is InChI=1S/C44H83NO12S/c1-3-5-7-9-11-13-14-15-16-17-18-19-20-21-22-23-24-25-27-29-31-33-38(48)43(51)45-36(37(47)32-30-28-26-12-10-8-6-4-2)35-55-44-41(50)42(57-58(52,53)54)40(49)39(34-46)56-44/h10,12,30,32,36-42,44,46-50H,3-9,11,13-29,31,33-35H2,1-2H3,(H,45,51)(H,52,53,54)/b12-10+,32-30+. The molecule has 0 aliphatic carbocycles. The van der Waals surface area contributed by atoms with Crippen molar-refractivity contribution in [2.45, 2.75) is 236 Å². The smallest absolute Gasteiger partial charge is 0.394 e. The maximum atomic E-state index is 13.0. The minimum atomic E-state index is -5.11. The van der Waals surface area contributed by atoms with Crippen LogP contribution in [-0.2, 0) is 28.9 Å². The van der Waals surface area contributed by atoms with Crippen LogP contribution in [0.5, 0.6) is 0 Å². The summed E-state index contributed by atoms with van der Waals surface area (Å²) < 4.78 is 47.3. The molecule has 1 rings (SSSR count). The van der Waals surface area contributed by atoms with Crippen molar-refractivity contribution < 1.29 is 57.0 Å². The van der Waals surface area contributed by atoms with Gasteiger partial charge in [0.1, 0.15) is 30.5 Å². The summed E-state index contributed by atoms with van der Waals surface area (Å²) in [7, 11) is -5.11. The molecule has 1 fully saturated rings. The summed E-state index contributed by atoms with van der Waals surface area (Å²) >= 11 is 0. The SMILES string of the molecule is CCCC/C=C/CC/C=C/C(O)C(COC1OC(CO)C(O)C(OS(=O)(=O)O)C1O)NC(=O)C(O)CCCCCCCCCCCCCCCCCCCCCCC. The fourth-order valence-electron chi connectivity index (χ4n) is 7.17. The van der Waals surface area contributed by atoms with Crippen molar-refractivity contribution in [2.24, 2.45) is 0 Å². The molecule has 0 aromatic rings. The number of allylic oxidation sites excluding steroid dienone is 3. The molecule has 14 heteroatoms. The third kappa shape index (κ3) is 27.4. The van der Waals surface area contributed by atoms with Crippen molar-refractivity contribution in [1.29, 1.82) is 0 Å². The summed E-state index contributed by atoms with van der Waals surface area (Å²) in [5.41, 5.74) is 0. The van der Waals surface area contributed by atoms with E-state index in [1.165, 1.54) is 115 Å². The van der Waals surface area contributed by atoms with Gasteiger partial charge < -0.3 is 40.3 Å². The highest BCUT2D eigenvalue weighted by Gasteiger charge is 2.48. The van der Waals surface area contributed by atoms with Gasteiger partial charge in [-0.2, -0.15) is 8.42 Å². The van der Waals surface area contributed by atoms with Crippen LogP contribution in [-0.4, -0.2) is 107 Å². The summed E-state index contributed by atoms with van der Waals surface area (Å²) in [5, 5.41) is 54.9. The lowest BCUT2D eigenvalue weighted by Crippen LogP contribution is -2.61. The van der Waals surface area contributed by atoms with E-state index in [1.54, 1.807) is 6.08 Å². The van der Waals surface area contributed by atoms with E-state index in [0.29, 0.717) is 12.8 Å². The van der Waals surface area contributed by atoms with Crippen LogP contribution in [0.1, 0.15) is 187 Å². The van der Waals surface area contributed by atoms with E-state index in [2.05, 4.69) is 35.5 Å².